The van der Waals surface area contributed by atoms with Crippen LogP contribution in [0.15, 0.2) is 33.5 Å². The van der Waals surface area contributed by atoms with Gasteiger partial charge in [-0.3, -0.25) is 4.79 Å². The Morgan fingerprint density at radius 2 is 2.10 bits per heavy atom. The van der Waals surface area contributed by atoms with Gasteiger partial charge >= 0.3 is 5.63 Å². The maximum Gasteiger partial charge on any atom is 0.336 e. The van der Waals surface area contributed by atoms with Crippen LogP contribution in [0, 0.1) is 6.92 Å². The van der Waals surface area contributed by atoms with Gasteiger partial charge in [-0.05, 0) is 31.5 Å². The van der Waals surface area contributed by atoms with Crippen molar-refractivity contribution in [3.05, 3.63) is 40.2 Å². The Morgan fingerprint density at radius 3 is 2.75 bits per heavy atom. The van der Waals surface area contributed by atoms with Crippen LogP contribution in [0.1, 0.15) is 12.5 Å². The number of hydrogen-bond acceptors (Lipinski definition) is 5. The summed E-state index contributed by atoms with van der Waals surface area (Å²) in [6.45, 7) is 3.24. The number of carbonyl (C=O) groups is 1. The van der Waals surface area contributed by atoms with Crippen LogP contribution in [0.5, 0.6) is 0 Å². The molecule has 1 amide bonds. The van der Waals surface area contributed by atoms with Crippen molar-refractivity contribution in [3.8, 4) is 0 Å². The number of hydrogen-bond donors (Lipinski definition) is 3. The summed E-state index contributed by atoms with van der Waals surface area (Å²) < 4.78 is 5.09. The van der Waals surface area contributed by atoms with Crippen LogP contribution in [0.25, 0.3) is 11.0 Å². The Hall–Kier alpha value is -2.18. The van der Waals surface area contributed by atoms with Crippen LogP contribution in [-0.4, -0.2) is 23.2 Å². The first kappa shape index (κ1) is 14.2. The molecule has 106 valence electrons. The second-order valence-electron chi connectivity index (χ2n) is 4.72. The van der Waals surface area contributed by atoms with Crippen LogP contribution in [0.3, 0.4) is 0 Å². The number of aryl methyl sites for hydroxylation is 1. The molecule has 2 aromatic rings. The number of anilines is 1. The van der Waals surface area contributed by atoms with Gasteiger partial charge in [0.2, 0.25) is 5.91 Å². The van der Waals surface area contributed by atoms with Crippen LogP contribution < -0.4 is 16.7 Å². The summed E-state index contributed by atoms with van der Waals surface area (Å²) in [5.41, 5.74) is 6.73. The van der Waals surface area contributed by atoms with Crippen molar-refractivity contribution in [2.75, 3.05) is 5.32 Å². The average molecular weight is 276 g/mol. The van der Waals surface area contributed by atoms with Gasteiger partial charge in [-0.1, -0.05) is 0 Å². The molecule has 1 aromatic carbocycles. The van der Waals surface area contributed by atoms with Crippen LogP contribution in [0.4, 0.5) is 5.69 Å². The predicted molar refractivity (Wildman–Crippen MR) is 75.5 cm³/mol. The summed E-state index contributed by atoms with van der Waals surface area (Å²) in [4.78, 5) is 23.1. The predicted octanol–water partition coefficient (Wildman–Crippen LogP) is 0.748. The lowest BCUT2D eigenvalue weighted by Gasteiger charge is -2.14. The summed E-state index contributed by atoms with van der Waals surface area (Å²) in [6.07, 6.45) is -0.948. The zero-order valence-electron chi connectivity index (χ0n) is 11.2. The molecule has 0 saturated heterocycles. The first-order chi connectivity index (χ1) is 9.38. The minimum atomic E-state index is -1.02. The normalized spacial score (nSPS) is 14.0. The van der Waals surface area contributed by atoms with Crippen LogP contribution in [-0.2, 0) is 4.79 Å². The van der Waals surface area contributed by atoms with E-state index in [1.54, 1.807) is 25.1 Å². The molecule has 0 bridgehead atoms. The number of amides is 1. The molecule has 2 atom stereocenters. The van der Waals surface area contributed by atoms with Crippen molar-refractivity contribution in [2.24, 2.45) is 5.73 Å². The monoisotopic (exact) mass is 276 g/mol. The van der Waals surface area contributed by atoms with E-state index in [4.69, 9.17) is 10.2 Å². The van der Waals surface area contributed by atoms with Crippen molar-refractivity contribution in [1.82, 2.24) is 0 Å². The number of nitrogens with one attached hydrogen (secondary N) is 1. The van der Waals surface area contributed by atoms with Gasteiger partial charge in [0.25, 0.3) is 0 Å². The number of aliphatic hydroxyl groups excluding tert-OH is 1. The Balaban J connectivity index is 2.33. The Bertz CT molecular complexity index is 706. The standard InChI is InChI=1S/C14H16N2O4/c1-7-5-12(18)20-11-6-9(3-4-10(7)11)16-14(19)13(15)8(2)17/h3-6,8,13,17H,15H2,1-2H3,(H,16,19)/t8-,13-/m1/s1. The van der Waals surface area contributed by atoms with Gasteiger partial charge < -0.3 is 20.6 Å². The molecule has 0 saturated carbocycles. The molecule has 1 heterocycles. The number of fused-ring (bicyclic) bond motifs is 1. The van der Waals surface area contributed by atoms with Crippen LogP contribution in [0.2, 0.25) is 0 Å². The molecular weight excluding hydrogens is 260 g/mol. The summed E-state index contributed by atoms with van der Waals surface area (Å²) in [7, 11) is 0. The zero-order chi connectivity index (χ0) is 14.9. The Kier molecular flexibility index (Phi) is 3.87. The summed E-state index contributed by atoms with van der Waals surface area (Å²) >= 11 is 0. The van der Waals surface area contributed by atoms with Crippen LogP contribution >= 0.6 is 0 Å². The highest BCUT2D eigenvalue weighted by atomic mass is 16.4. The van der Waals surface area contributed by atoms with E-state index in [1.807, 2.05) is 0 Å². The van der Waals surface area contributed by atoms with Crippen molar-refractivity contribution < 1.29 is 14.3 Å². The molecule has 0 aliphatic heterocycles. The molecule has 0 spiro atoms. The minimum Gasteiger partial charge on any atom is -0.423 e. The molecular formula is C14H16N2O4. The molecule has 20 heavy (non-hydrogen) atoms. The number of carbonyl (C=O) groups excluding carboxylic acids is 1. The molecule has 6 nitrogen and oxygen atoms in total. The highest BCUT2D eigenvalue weighted by Crippen LogP contribution is 2.20. The molecule has 4 N–H and O–H groups in total. The fourth-order valence-corrected chi connectivity index (χ4v) is 1.85. The largest absolute Gasteiger partial charge is 0.423 e. The van der Waals surface area contributed by atoms with Gasteiger partial charge in [0.1, 0.15) is 11.6 Å². The molecule has 2 rings (SSSR count). The van der Waals surface area contributed by atoms with E-state index < -0.39 is 23.7 Å². The molecule has 0 aliphatic carbocycles. The van der Waals surface area contributed by atoms with Gasteiger partial charge in [-0.15, -0.1) is 0 Å². The molecule has 0 fully saturated rings. The highest BCUT2D eigenvalue weighted by Gasteiger charge is 2.18. The second kappa shape index (κ2) is 5.44. The van der Waals surface area contributed by atoms with Crippen molar-refractivity contribution in [1.29, 1.82) is 0 Å². The van der Waals surface area contributed by atoms with Gasteiger partial charge in [-0.25, -0.2) is 4.79 Å². The van der Waals surface area contributed by atoms with Gasteiger partial charge in [0.05, 0.1) is 6.10 Å². The van der Waals surface area contributed by atoms with E-state index in [0.29, 0.717) is 11.3 Å². The second-order valence-corrected chi connectivity index (χ2v) is 4.72. The molecule has 1 aromatic heterocycles. The Labute approximate surface area is 115 Å². The van der Waals surface area contributed by atoms with E-state index >= 15 is 0 Å². The van der Waals surface area contributed by atoms with E-state index in [1.165, 1.54) is 13.0 Å². The quantitative estimate of drug-likeness (QED) is 0.717. The van der Waals surface area contributed by atoms with Crippen molar-refractivity contribution in [3.63, 3.8) is 0 Å². The summed E-state index contributed by atoms with van der Waals surface area (Å²) in [5, 5.41) is 12.6. The van der Waals surface area contributed by atoms with Gasteiger partial charge in [0, 0.05) is 23.2 Å². The number of nitrogens with two attached hydrogens (primary N) is 1. The molecule has 0 radical (unpaired) electrons. The number of aliphatic hydroxyl groups is 1. The smallest absolute Gasteiger partial charge is 0.336 e. The van der Waals surface area contributed by atoms with E-state index in [9.17, 15) is 14.7 Å². The zero-order valence-corrected chi connectivity index (χ0v) is 11.2. The van der Waals surface area contributed by atoms with Crippen molar-refractivity contribution >= 4 is 22.6 Å². The maximum atomic E-state index is 11.7. The topological polar surface area (TPSA) is 106 Å². The third-order valence-corrected chi connectivity index (χ3v) is 3.04. The molecule has 0 aliphatic rings. The van der Waals surface area contributed by atoms with E-state index in [0.717, 1.165) is 10.9 Å². The fraction of sp³-hybridized carbons (Fsp3) is 0.286. The lowest BCUT2D eigenvalue weighted by molar-refractivity contribution is -0.119. The minimum absolute atomic E-state index is 0.387. The first-order valence-corrected chi connectivity index (χ1v) is 6.17. The summed E-state index contributed by atoms with van der Waals surface area (Å²) in [6, 6.07) is 5.37. The lowest BCUT2D eigenvalue weighted by atomic mass is 10.1. The summed E-state index contributed by atoms with van der Waals surface area (Å²) in [5.74, 6) is -0.505. The maximum absolute atomic E-state index is 11.7. The Morgan fingerprint density at radius 1 is 1.40 bits per heavy atom. The van der Waals surface area contributed by atoms with E-state index in [-0.39, 0.29) is 0 Å². The first-order valence-electron chi connectivity index (χ1n) is 6.17. The lowest BCUT2D eigenvalue weighted by Crippen LogP contribution is -2.43. The third-order valence-electron chi connectivity index (χ3n) is 3.04. The van der Waals surface area contributed by atoms with Gasteiger partial charge in [0.15, 0.2) is 0 Å². The number of rotatable bonds is 3. The fourth-order valence-electron chi connectivity index (χ4n) is 1.85. The third kappa shape index (κ3) is 2.87. The average Bonchev–Trinajstić information content (AvgIpc) is 2.36. The van der Waals surface area contributed by atoms with Crippen molar-refractivity contribution in [2.45, 2.75) is 26.0 Å². The van der Waals surface area contributed by atoms with Gasteiger partial charge in [-0.2, -0.15) is 0 Å². The highest BCUT2D eigenvalue weighted by molar-refractivity contribution is 5.96. The number of benzene rings is 1. The SMILES string of the molecule is Cc1cc(=O)oc2cc(NC(=O)[C@H](N)[C@@H](C)O)ccc12. The van der Waals surface area contributed by atoms with E-state index in [2.05, 4.69) is 5.32 Å². The molecule has 6 heteroatoms. The molecule has 0 unspecified atom stereocenters.